The van der Waals surface area contributed by atoms with Crippen LogP contribution in [0.25, 0.3) is 0 Å². The Morgan fingerprint density at radius 1 is 1.38 bits per heavy atom. The first kappa shape index (κ1) is 10.6. The molecule has 1 atom stereocenters. The summed E-state index contributed by atoms with van der Waals surface area (Å²) in [6, 6.07) is 8.88. The van der Waals surface area contributed by atoms with Gasteiger partial charge >= 0.3 is 0 Å². The van der Waals surface area contributed by atoms with E-state index in [1.54, 1.807) is 0 Å². The van der Waals surface area contributed by atoms with Gasteiger partial charge in [-0.05, 0) is 36.3 Å². The van der Waals surface area contributed by atoms with Gasteiger partial charge in [0.1, 0.15) is 0 Å². The molecular weight excluding hydrogens is 176 g/mol. The first-order valence-electron chi connectivity index (χ1n) is 4.92. The van der Waals surface area contributed by atoms with Crippen LogP contribution < -0.4 is 0 Å². The number of hydrogen-bond acceptors (Lipinski definition) is 1. The molecule has 1 aromatic rings. The molecular formula is C12H18S. The van der Waals surface area contributed by atoms with Gasteiger partial charge in [-0.1, -0.05) is 32.4 Å². The normalized spacial score (nSPS) is 12.8. The molecule has 0 fully saturated rings. The lowest BCUT2D eigenvalue weighted by atomic mass is 9.97. The molecule has 0 aliphatic rings. The van der Waals surface area contributed by atoms with E-state index in [0.717, 1.165) is 0 Å². The summed E-state index contributed by atoms with van der Waals surface area (Å²) in [6.07, 6.45) is 4.69. The van der Waals surface area contributed by atoms with E-state index in [9.17, 15) is 0 Å². The van der Waals surface area contributed by atoms with Gasteiger partial charge in [0.25, 0.3) is 0 Å². The average Bonchev–Trinajstić information content (AvgIpc) is 2.18. The lowest BCUT2D eigenvalue weighted by molar-refractivity contribution is 0.663. The number of benzene rings is 1. The molecule has 0 aliphatic carbocycles. The summed E-state index contributed by atoms with van der Waals surface area (Å²) in [6.45, 7) is 4.55. The van der Waals surface area contributed by atoms with Crippen LogP contribution in [0, 0.1) is 0 Å². The van der Waals surface area contributed by atoms with Gasteiger partial charge in [-0.3, -0.25) is 0 Å². The Balaban J connectivity index is 2.75. The van der Waals surface area contributed by atoms with Gasteiger partial charge in [-0.2, -0.15) is 0 Å². The van der Waals surface area contributed by atoms with Crippen LogP contribution in [0.15, 0.2) is 29.2 Å². The Hall–Kier alpha value is -0.430. The van der Waals surface area contributed by atoms with Crippen LogP contribution in [0.3, 0.4) is 0 Å². The molecule has 1 rings (SSSR count). The summed E-state index contributed by atoms with van der Waals surface area (Å²) in [7, 11) is 0. The molecule has 0 saturated carbocycles. The molecule has 1 unspecified atom stereocenters. The maximum Gasteiger partial charge on any atom is 0.00719 e. The highest BCUT2D eigenvalue weighted by atomic mass is 32.2. The summed E-state index contributed by atoms with van der Waals surface area (Å²) in [5.41, 5.74) is 1.48. The van der Waals surface area contributed by atoms with E-state index in [-0.39, 0.29) is 0 Å². The van der Waals surface area contributed by atoms with Crippen LogP contribution in [0.1, 0.15) is 38.2 Å². The molecule has 0 aromatic heterocycles. The number of rotatable bonds is 4. The van der Waals surface area contributed by atoms with Crippen LogP contribution in [0.4, 0.5) is 0 Å². The maximum absolute atomic E-state index is 2.31. The quantitative estimate of drug-likeness (QED) is 0.643. The fourth-order valence-corrected chi connectivity index (χ4v) is 2.02. The number of hydrogen-bond donors (Lipinski definition) is 0. The largest absolute Gasteiger partial charge is 0.130 e. The summed E-state index contributed by atoms with van der Waals surface area (Å²) in [5.74, 6) is 0.706. The van der Waals surface area contributed by atoms with Crippen LogP contribution in [0.5, 0.6) is 0 Å². The van der Waals surface area contributed by atoms with Gasteiger partial charge in [0.05, 0.1) is 0 Å². The molecule has 13 heavy (non-hydrogen) atoms. The molecule has 0 spiro atoms. The summed E-state index contributed by atoms with van der Waals surface area (Å²) in [4.78, 5) is 1.38. The van der Waals surface area contributed by atoms with Crippen LogP contribution >= 0.6 is 11.8 Å². The molecule has 0 saturated heterocycles. The van der Waals surface area contributed by atoms with Crippen molar-refractivity contribution in [2.24, 2.45) is 0 Å². The van der Waals surface area contributed by atoms with Crippen molar-refractivity contribution < 1.29 is 0 Å². The highest BCUT2D eigenvalue weighted by Crippen LogP contribution is 2.24. The Labute approximate surface area is 85.7 Å². The predicted octanol–water partition coefficient (Wildman–Crippen LogP) is 4.31. The summed E-state index contributed by atoms with van der Waals surface area (Å²) < 4.78 is 0. The van der Waals surface area contributed by atoms with Crippen LogP contribution in [-0.2, 0) is 0 Å². The lowest BCUT2D eigenvalue weighted by Crippen LogP contribution is -1.92. The molecule has 0 bridgehead atoms. The minimum Gasteiger partial charge on any atom is -0.130 e. The standard InChI is InChI=1S/C12H18S/c1-4-6-10(2)11-7-5-8-12(9-11)13-3/h5,7-10H,4,6H2,1-3H3. The molecule has 0 aliphatic heterocycles. The SMILES string of the molecule is CCCC(C)c1cccc(SC)c1. The highest BCUT2D eigenvalue weighted by Gasteiger charge is 2.03. The van der Waals surface area contributed by atoms with E-state index in [4.69, 9.17) is 0 Å². The fourth-order valence-electron chi connectivity index (χ4n) is 1.55. The van der Waals surface area contributed by atoms with Crippen molar-refractivity contribution in [2.45, 2.75) is 37.5 Å². The van der Waals surface area contributed by atoms with Crippen LogP contribution in [0.2, 0.25) is 0 Å². The van der Waals surface area contributed by atoms with Crippen molar-refractivity contribution in [3.63, 3.8) is 0 Å². The molecule has 1 aromatic carbocycles. The number of thioether (sulfide) groups is 1. The van der Waals surface area contributed by atoms with Gasteiger partial charge in [0, 0.05) is 4.90 Å². The average molecular weight is 194 g/mol. The summed E-state index contributed by atoms with van der Waals surface area (Å²) in [5, 5.41) is 0. The zero-order valence-corrected chi connectivity index (χ0v) is 9.53. The van der Waals surface area contributed by atoms with Crippen LogP contribution in [-0.4, -0.2) is 6.26 Å². The Kier molecular flexibility index (Phi) is 4.37. The van der Waals surface area contributed by atoms with Crippen molar-refractivity contribution in [1.82, 2.24) is 0 Å². The first-order valence-corrected chi connectivity index (χ1v) is 6.14. The zero-order chi connectivity index (χ0) is 9.68. The first-order chi connectivity index (χ1) is 6.27. The zero-order valence-electron chi connectivity index (χ0n) is 8.71. The van der Waals surface area contributed by atoms with E-state index in [0.29, 0.717) is 5.92 Å². The second kappa shape index (κ2) is 5.33. The van der Waals surface area contributed by atoms with E-state index >= 15 is 0 Å². The van der Waals surface area contributed by atoms with E-state index < -0.39 is 0 Å². The van der Waals surface area contributed by atoms with Gasteiger partial charge in [-0.25, -0.2) is 0 Å². The minimum absolute atomic E-state index is 0.706. The summed E-state index contributed by atoms with van der Waals surface area (Å²) >= 11 is 1.82. The second-order valence-electron chi connectivity index (χ2n) is 3.47. The van der Waals surface area contributed by atoms with Gasteiger partial charge < -0.3 is 0 Å². The Bertz CT molecular complexity index is 255. The highest BCUT2D eigenvalue weighted by molar-refractivity contribution is 7.98. The van der Waals surface area contributed by atoms with Crippen molar-refractivity contribution in [3.05, 3.63) is 29.8 Å². The molecule has 72 valence electrons. The smallest absolute Gasteiger partial charge is 0.00719 e. The molecule has 1 heteroatoms. The van der Waals surface area contributed by atoms with Gasteiger partial charge in [-0.15, -0.1) is 11.8 Å². The van der Waals surface area contributed by atoms with Gasteiger partial charge in [0.2, 0.25) is 0 Å². The monoisotopic (exact) mass is 194 g/mol. The van der Waals surface area contributed by atoms with E-state index in [1.165, 1.54) is 23.3 Å². The minimum atomic E-state index is 0.706. The molecule has 0 N–H and O–H groups in total. The predicted molar refractivity (Wildman–Crippen MR) is 61.5 cm³/mol. The molecule has 0 amide bonds. The van der Waals surface area contributed by atoms with Crippen molar-refractivity contribution >= 4 is 11.8 Å². The van der Waals surface area contributed by atoms with Gasteiger partial charge in [0.15, 0.2) is 0 Å². The molecule has 0 radical (unpaired) electrons. The fraction of sp³-hybridized carbons (Fsp3) is 0.500. The topological polar surface area (TPSA) is 0 Å². The third kappa shape index (κ3) is 3.07. The molecule has 0 heterocycles. The maximum atomic E-state index is 2.31. The Morgan fingerprint density at radius 3 is 2.77 bits per heavy atom. The molecule has 0 nitrogen and oxygen atoms in total. The van der Waals surface area contributed by atoms with E-state index in [2.05, 4.69) is 44.4 Å². The lowest BCUT2D eigenvalue weighted by Gasteiger charge is -2.11. The third-order valence-corrected chi connectivity index (χ3v) is 3.11. The van der Waals surface area contributed by atoms with Crippen molar-refractivity contribution in [2.75, 3.05) is 6.26 Å². The van der Waals surface area contributed by atoms with Crippen molar-refractivity contribution in [1.29, 1.82) is 0 Å². The Morgan fingerprint density at radius 2 is 2.15 bits per heavy atom. The van der Waals surface area contributed by atoms with E-state index in [1.807, 2.05) is 11.8 Å². The second-order valence-corrected chi connectivity index (χ2v) is 4.35. The third-order valence-electron chi connectivity index (χ3n) is 2.38. The van der Waals surface area contributed by atoms with Crippen molar-refractivity contribution in [3.8, 4) is 0 Å².